The third kappa shape index (κ3) is 11.7. The molecule has 0 saturated carbocycles. The molecule has 0 aliphatic heterocycles. The number of allylic oxidation sites excluding steroid dienone is 2. The Kier molecular flexibility index (Phi) is 12.5. The molecule has 0 unspecified atom stereocenters. The standard InChI is InChI=1S/C14H27/c1-3-5-7-9-11-13-14-12-10-8-6-4-2/h4,6H,1,3,5,7-14H2,2H3/b6-4-. The lowest BCUT2D eigenvalue weighted by Gasteiger charge is -2.00. The van der Waals surface area contributed by atoms with Crippen molar-refractivity contribution in [1.82, 2.24) is 0 Å². The topological polar surface area (TPSA) is 0 Å². The molecule has 0 aromatic rings. The highest BCUT2D eigenvalue weighted by atomic mass is 14.0. The summed E-state index contributed by atoms with van der Waals surface area (Å²) in [6.45, 7) is 5.95. The summed E-state index contributed by atoms with van der Waals surface area (Å²) in [7, 11) is 0. The maximum absolute atomic E-state index is 3.86. The molecule has 0 nitrogen and oxygen atoms in total. The van der Waals surface area contributed by atoms with E-state index in [1.165, 1.54) is 57.8 Å². The summed E-state index contributed by atoms with van der Waals surface area (Å²) in [5, 5.41) is 0. The molecule has 0 aliphatic carbocycles. The lowest BCUT2D eigenvalue weighted by atomic mass is 10.1. The van der Waals surface area contributed by atoms with Crippen molar-refractivity contribution in [2.24, 2.45) is 0 Å². The molecule has 14 heavy (non-hydrogen) atoms. The molecule has 0 bridgehead atoms. The fourth-order valence-corrected chi connectivity index (χ4v) is 1.67. The number of hydrogen-bond acceptors (Lipinski definition) is 0. The molecule has 0 N–H and O–H groups in total. The first-order chi connectivity index (χ1) is 6.91. The molecule has 0 heterocycles. The minimum absolute atomic E-state index is 1.11. The zero-order chi connectivity index (χ0) is 10.5. The van der Waals surface area contributed by atoms with Crippen molar-refractivity contribution >= 4 is 0 Å². The molecular formula is C14H27. The van der Waals surface area contributed by atoms with Crippen LogP contribution in [0.3, 0.4) is 0 Å². The van der Waals surface area contributed by atoms with E-state index >= 15 is 0 Å². The van der Waals surface area contributed by atoms with E-state index in [0.717, 1.165) is 6.42 Å². The van der Waals surface area contributed by atoms with Gasteiger partial charge in [0.1, 0.15) is 0 Å². The SMILES string of the molecule is [CH2]CCCCCCCCCC/C=C\C. The van der Waals surface area contributed by atoms with Gasteiger partial charge in [-0.3, -0.25) is 0 Å². The average molecular weight is 195 g/mol. The van der Waals surface area contributed by atoms with E-state index in [-0.39, 0.29) is 0 Å². The molecule has 0 aromatic carbocycles. The molecule has 83 valence electrons. The van der Waals surface area contributed by atoms with Gasteiger partial charge in [0.2, 0.25) is 0 Å². The van der Waals surface area contributed by atoms with Crippen LogP contribution in [0.4, 0.5) is 0 Å². The number of hydrogen-bond donors (Lipinski definition) is 0. The van der Waals surface area contributed by atoms with Crippen LogP contribution in [0.1, 0.15) is 71.1 Å². The minimum Gasteiger partial charge on any atom is -0.0917 e. The van der Waals surface area contributed by atoms with Crippen LogP contribution in [0.15, 0.2) is 12.2 Å². The van der Waals surface area contributed by atoms with Crippen molar-refractivity contribution in [3.63, 3.8) is 0 Å². The van der Waals surface area contributed by atoms with E-state index in [1.807, 2.05) is 0 Å². The van der Waals surface area contributed by atoms with Gasteiger partial charge in [0.05, 0.1) is 0 Å². The van der Waals surface area contributed by atoms with Crippen LogP contribution in [-0.2, 0) is 0 Å². The first-order valence-electron chi connectivity index (χ1n) is 6.32. The van der Waals surface area contributed by atoms with Crippen LogP contribution >= 0.6 is 0 Å². The van der Waals surface area contributed by atoms with E-state index in [2.05, 4.69) is 26.0 Å². The smallest absolute Gasteiger partial charge is 0.0351 e. The fourth-order valence-electron chi connectivity index (χ4n) is 1.67. The summed E-state index contributed by atoms with van der Waals surface area (Å²) >= 11 is 0. The van der Waals surface area contributed by atoms with Gasteiger partial charge in [-0.05, 0) is 19.8 Å². The van der Waals surface area contributed by atoms with Gasteiger partial charge in [-0.15, -0.1) is 0 Å². The Bertz CT molecular complexity index is 113. The van der Waals surface area contributed by atoms with Crippen LogP contribution in [0, 0.1) is 6.92 Å². The van der Waals surface area contributed by atoms with Gasteiger partial charge in [-0.2, -0.15) is 0 Å². The predicted molar refractivity (Wildman–Crippen MR) is 66.3 cm³/mol. The second kappa shape index (κ2) is 12.7. The van der Waals surface area contributed by atoms with E-state index in [0.29, 0.717) is 0 Å². The van der Waals surface area contributed by atoms with Crippen molar-refractivity contribution in [3.8, 4) is 0 Å². The van der Waals surface area contributed by atoms with Gasteiger partial charge >= 0.3 is 0 Å². The van der Waals surface area contributed by atoms with Gasteiger partial charge in [0.15, 0.2) is 0 Å². The zero-order valence-corrected chi connectivity index (χ0v) is 9.93. The highest BCUT2D eigenvalue weighted by molar-refractivity contribution is 4.76. The third-order valence-corrected chi connectivity index (χ3v) is 2.61. The Morgan fingerprint density at radius 2 is 1.29 bits per heavy atom. The zero-order valence-electron chi connectivity index (χ0n) is 9.93. The lowest BCUT2D eigenvalue weighted by Crippen LogP contribution is -1.80. The Balaban J connectivity index is 2.85. The van der Waals surface area contributed by atoms with E-state index in [1.54, 1.807) is 0 Å². The Labute approximate surface area is 90.8 Å². The van der Waals surface area contributed by atoms with Gasteiger partial charge in [-0.25, -0.2) is 0 Å². The van der Waals surface area contributed by atoms with Crippen molar-refractivity contribution in [3.05, 3.63) is 19.1 Å². The molecular weight excluding hydrogens is 168 g/mol. The van der Waals surface area contributed by atoms with Gasteiger partial charge in [0.25, 0.3) is 0 Å². The van der Waals surface area contributed by atoms with E-state index in [4.69, 9.17) is 0 Å². The molecule has 0 saturated heterocycles. The first-order valence-corrected chi connectivity index (χ1v) is 6.32. The van der Waals surface area contributed by atoms with Crippen LogP contribution in [0.2, 0.25) is 0 Å². The van der Waals surface area contributed by atoms with E-state index < -0.39 is 0 Å². The van der Waals surface area contributed by atoms with Gasteiger partial charge < -0.3 is 0 Å². The monoisotopic (exact) mass is 195 g/mol. The van der Waals surface area contributed by atoms with Crippen molar-refractivity contribution in [1.29, 1.82) is 0 Å². The summed E-state index contributed by atoms with van der Waals surface area (Å²) in [6, 6.07) is 0. The summed E-state index contributed by atoms with van der Waals surface area (Å²) < 4.78 is 0. The number of rotatable bonds is 10. The second-order valence-corrected chi connectivity index (χ2v) is 4.04. The maximum atomic E-state index is 3.86. The summed E-state index contributed by atoms with van der Waals surface area (Å²) in [6.07, 6.45) is 18.0. The Morgan fingerprint density at radius 3 is 1.79 bits per heavy atom. The van der Waals surface area contributed by atoms with Crippen LogP contribution in [0.25, 0.3) is 0 Å². The summed E-state index contributed by atoms with van der Waals surface area (Å²) in [4.78, 5) is 0. The minimum atomic E-state index is 1.11. The molecule has 0 amide bonds. The highest BCUT2D eigenvalue weighted by Gasteiger charge is 1.90. The van der Waals surface area contributed by atoms with E-state index in [9.17, 15) is 0 Å². The second-order valence-electron chi connectivity index (χ2n) is 4.04. The quantitative estimate of drug-likeness (QED) is 0.328. The fraction of sp³-hybridized carbons (Fsp3) is 0.786. The summed E-state index contributed by atoms with van der Waals surface area (Å²) in [5.41, 5.74) is 0. The largest absolute Gasteiger partial charge is 0.0917 e. The highest BCUT2D eigenvalue weighted by Crippen LogP contribution is 2.10. The van der Waals surface area contributed by atoms with Crippen LogP contribution < -0.4 is 0 Å². The van der Waals surface area contributed by atoms with Crippen LogP contribution in [-0.4, -0.2) is 0 Å². The molecule has 0 heteroatoms. The molecule has 0 rings (SSSR count). The number of unbranched alkanes of at least 4 members (excludes halogenated alkanes) is 9. The normalized spacial score (nSPS) is 11.3. The average Bonchev–Trinajstić information content (AvgIpc) is 2.21. The van der Waals surface area contributed by atoms with Crippen molar-refractivity contribution in [2.45, 2.75) is 71.1 Å². The van der Waals surface area contributed by atoms with Gasteiger partial charge in [0, 0.05) is 0 Å². The van der Waals surface area contributed by atoms with Crippen LogP contribution in [0.5, 0.6) is 0 Å². The molecule has 0 aliphatic rings. The summed E-state index contributed by atoms with van der Waals surface area (Å²) in [5.74, 6) is 0. The molecule has 0 spiro atoms. The van der Waals surface area contributed by atoms with Crippen molar-refractivity contribution in [2.75, 3.05) is 0 Å². The molecule has 1 radical (unpaired) electrons. The Morgan fingerprint density at radius 1 is 0.786 bits per heavy atom. The molecule has 0 aromatic heterocycles. The lowest BCUT2D eigenvalue weighted by molar-refractivity contribution is 0.571. The maximum Gasteiger partial charge on any atom is -0.0351 e. The van der Waals surface area contributed by atoms with Crippen molar-refractivity contribution < 1.29 is 0 Å². The first kappa shape index (κ1) is 13.7. The Hall–Kier alpha value is -0.260. The van der Waals surface area contributed by atoms with Gasteiger partial charge in [-0.1, -0.05) is 70.4 Å². The molecule has 0 fully saturated rings. The molecule has 0 atom stereocenters. The predicted octanol–water partition coefficient (Wildman–Crippen LogP) is 5.30. The third-order valence-electron chi connectivity index (χ3n) is 2.61.